The maximum Gasteiger partial charge on any atom is 0.255 e. The van der Waals surface area contributed by atoms with Gasteiger partial charge in [-0.3, -0.25) is 20.6 Å². The number of nitrogens with zero attached hydrogens (tertiary/aromatic N) is 2. The number of hydrazine groups is 1. The van der Waals surface area contributed by atoms with Crippen LogP contribution in [-0.4, -0.2) is 15.9 Å². The van der Waals surface area contributed by atoms with Gasteiger partial charge in [0.25, 0.3) is 5.91 Å². The summed E-state index contributed by atoms with van der Waals surface area (Å²) in [4.78, 5) is 20.2. The molecule has 19 heavy (non-hydrogen) atoms. The summed E-state index contributed by atoms with van der Waals surface area (Å²) in [6, 6.07) is 7.31. The Morgan fingerprint density at radius 2 is 2.21 bits per heavy atom. The first-order chi connectivity index (χ1) is 9.20. The standard InChI is InChI=1S/C13H15N5O/c1-9-3-2-4-10(17-9)7-16-13(19)11-8-15-6-5-12(11)18-14/h2-6,8H,7,14H2,1H3,(H,15,18)(H,16,19). The number of anilines is 1. The molecule has 0 fully saturated rings. The first-order valence-corrected chi connectivity index (χ1v) is 5.82. The average Bonchev–Trinajstić information content (AvgIpc) is 2.45. The normalized spacial score (nSPS) is 10.0. The molecule has 1 amide bonds. The lowest BCUT2D eigenvalue weighted by molar-refractivity contribution is 0.0951. The number of nitrogens with one attached hydrogen (secondary N) is 2. The van der Waals surface area contributed by atoms with Gasteiger partial charge in [-0.25, -0.2) is 0 Å². The van der Waals surface area contributed by atoms with Crippen LogP contribution >= 0.6 is 0 Å². The van der Waals surface area contributed by atoms with E-state index in [1.165, 1.54) is 6.20 Å². The fourth-order valence-electron chi connectivity index (χ4n) is 1.67. The fraction of sp³-hybridized carbons (Fsp3) is 0.154. The highest BCUT2D eigenvalue weighted by Crippen LogP contribution is 2.11. The Morgan fingerprint density at radius 1 is 1.37 bits per heavy atom. The summed E-state index contributed by atoms with van der Waals surface area (Å²) in [5, 5.41) is 2.78. The fourth-order valence-corrected chi connectivity index (χ4v) is 1.67. The summed E-state index contributed by atoms with van der Waals surface area (Å²) < 4.78 is 0. The van der Waals surface area contributed by atoms with Crippen molar-refractivity contribution in [2.24, 2.45) is 5.84 Å². The van der Waals surface area contributed by atoms with Crippen LogP contribution in [0, 0.1) is 6.92 Å². The Bertz CT molecular complexity index is 585. The molecule has 0 aliphatic carbocycles. The molecule has 0 bridgehead atoms. The molecule has 0 spiro atoms. The van der Waals surface area contributed by atoms with Crippen LogP contribution in [0.25, 0.3) is 0 Å². The molecule has 0 aliphatic heterocycles. The van der Waals surface area contributed by atoms with Crippen LogP contribution in [0.1, 0.15) is 21.7 Å². The van der Waals surface area contributed by atoms with Gasteiger partial charge in [0.2, 0.25) is 0 Å². The average molecular weight is 257 g/mol. The molecule has 0 saturated heterocycles. The van der Waals surface area contributed by atoms with Crippen LogP contribution in [0.5, 0.6) is 0 Å². The van der Waals surface area contributed by atoms with Crippen molar-refractivity contribution in [2.45, 2.75) is 13.5 Å². The number of hydrogen-bond donors (Lipinski definition) is 3. The lowest BCUT2D eigenvalue weighted by Crippen LogP contribution is -2.25. The van der Waals surface area contributed by atoms with Crippen molar-refractivity contribution in [3.05, 3.63) is 53.6 Å². The Labute approximate surface area is 111 Å². The third-order valence-electron chi connectivity index (χ3n) is 2.60. The van der Waals surface area contributed by atoms with E-state index in [1.807, 2.05) is 25.1 Å². The van der Waals surface area contributed by atoms with Crippen molar-refractivity contribution >= 4 is 11.6 Å². The number of aromatic nitrogens is 2. The van der Waals surface area contributed by atoms with E-state index in [1.54, 1.807) is 12.3 Å². The molecule has 0 unspecified atom stereocenters. The zero-order valence-corrected chi connectivity index (χ0v) is 10.6. The number of amides is 1. The third kappa shape index (κ3) is 3.26. The van der Waals surface area contributed by atoms with Crippen molar-refractivity contribution in [3.8, 4) is 0 Å². The summed E-state index contributed by atoms with van der Waals surface area (Å²) >= 11 is 0. The van der Waals surface area contributed by atoms with Crippen LogP contribution in [0.15, 0.2) is 36.7 Å². The topological polar surface area (TPSA) is 92.9 Å². The van der Waals surface area contributed by atoms with E-state index in [0.29, 0.717) is 17.8 Å². The number of nitrogen functional groups attached to an aromatic ring is 1. The maximum absolute atomic E-state index is 12.0. The Hall–Kier alpha value is -2.47. The number of hydrogen-bond acceptors (Lipinski definition) is 5. The van der Waals surface area contributed by atoms with E-state index < -0.39 is 0 Å². The summed E-state index contributed by atoms with van der Waals surface area (Å²) in [7, 11) is 0. The summed E-state index contributed by atoms with van der Waals surface area (Å²) in [5.41, 5.74) is 5.12. The quantitative estimate of drug-likeness (QED) is 0.561. The highest BCUT2D eigenvalue weighted by Gasteiger charge is 2.10. The minimum absolute atomic E-state index is 0.246. The van der Waals surface area contributed by atoms with E-state index >= 15 is 0 Å². The first kappa shape index (κ1) is 13.0. The van der Waals surface area contributed by atoms with Crippen LogP contribution in [-0.2, 0) is 6.54 Å². The van der Waals surface area contributed by atoms with Gasteiger partial charge in [-0.15, -0.1) is 0 Å². The summed E-state index contributed by atoms with van der Waals surface area (Å²) in [6.45, 7) is 2.27. The van der Waals surface area contributed by atoms with Crippen LogP contribution < -0.4 is 16.6 Å². The van der Waals surface area contributed by atoms with Crippen LogP contribution in [0.2, 0.25) is 0 Å². The Kier molecular flexibility index (Phi) is 4.04. The monoisotopic (exact) mass is 257 g/mol. The molecule has 6 heteroatoms. The van der Waals surface area contributed by atoms with Crippen molar-refractivity contribution in [3.63, 3.8) is 0 Å². The van der Waals surface area contributed by atoms with Crippen LogP contribution in [0.4, 0.5) is 5.69 Å². The number of rotatable bonds is 4. The molecule has 6 nitrogen and oxygen atoms in total. The van der Waals surface area contributed by atoms with Gasteiger partial charge < -0.3 is 10.7 Å². The predicted molar refractivity (Wildman–Crippen MR) is 72.2 cm³/mol. The third-order valence-corrected chi connectivity index (χ3v) is 2.60. The summed E-state index contributed by atoms with van der Waals surface area (Å²) in [5.74, 6) is 5.10. The molecule has 2 heterocycles. The van der Waals surface area contributed by atoms with Gasteiger partial charge in [0.05, 0.1) is 23.5 Å². The summed E-state index contributed by atoms with van der Waals surface area (Å²) in [6.07, 6.45) is 3.03. The SMILES string of the molecule is Cc1cccc(CNC(=O)c2cnccc2NN)n1. The van der Waals surface area contributed by atoms with Crippen LogP contribution in [0.3, 0.4) is 0 Å². The Balaban J connectivity index is 2.05. The lowest BCUT2D eigenvalue weighted by Gasteiger charge is -2.08. The number of pyridine rings is 2. The second-order valence-electron chi connectivity index (χ2n) is 4.02. The highest BCUT2D eigenvalue weighted by atomic mass is 16.1. The largest absolute Gasteiger partial charge is 0.346 e. The second kappa shape index (κ2) is 5.92. The molecule has 98 valence electrons. The van der Waals surface area contributed by atoms with Gasteiger partial charge >= 0.3 is 0 Å². The van der Waals surface area contributed by atoms with Crippen molar-refractivity contribution in [1.82, 2.24) is 15.3 Å². The lowest BCUT2D eigenvalue weighted by atomic mass is 10.2. The molecular formula is C13H15N5O. The van der Waals surface area contributed by atoms with E-state index in [2.05, 4.69) is 20.7 Å². The molecule has 0 atom stereocenters. The number of aryl methyl sites for hydroxylation is 1. The smallest absolute Gasteiger partial charge is 0.255 e. The molecule has 0 radical (unpaired) electrons. The maximum atomic E-state index is 12.0. The number of carbonyl (C=O) groups excluding carboxylic acids is 1. The van der Waals surface area contributed by atoms with Gasteiger partial charge in [-0.2, -0.15) is 0 Å². The van der Waals surface area contributed by atoms with Gasteiger partial charge in [-0.1, -0.05) is 6.07 Å². The second-order valence-corrected chi connectivity index (χ2v) is 4.02. The first-order valence-electron chi connectivity index (χ1n) is 5.82. The Morgan fingerprint density at radius 3 is 2.95 bits per heavy atom. The molecule has 0 aromatic carbocycles. The zero-order valence-electron chi connectivity index (χ0n) is 10.6. The van der Waals surface area contributed by atoms with Gasteiger partial charge in [-0.05, 0) is 25.1 Å². The van der Waals surface area contributed by atoms with E-state index in [0.717, 1.165) is 11.4 Å². The van der Waals surface area contributed by atoms with Crippen molar-refractivity contribution in [2.75, 3.05) is 5.43 Å². The molecular weight excluding hydrogens is 242 g/mol. The van der Waals surface area contributed by atoms with Gasteiger partial charge in [0, 0.05) is 18.1 Å². The van der Waals surface area contributed by atoms with Gasteiger partial charge in [0.1, 0.15) is 0 Å². The molecule has 4 N–H and O–H groups in total. The van der Waals surface area contributed by atoms with E-state index in [-0.39, 0.29) is 5.91 Å². The van der Waals surface area contributed by atoms with Gasteiger partial charge in [0.15, 0.2) is 0 Å². The molecule has 2 aromatic heterocycles. The highest BCUT2D eigenvalue weighted by molar-refractivity contribution is 5.99. The van der Waals surface area contributed by atoms with E-state index in [4.69, 9.17) is 5.84 Å². The predicted octanol–water partition coefficient (Wildman–Crippen LogP) is 1.00. The minimum atomic E-state index is -0.246. The minimum Gasteiger partial charge on any atom is -0.346 e. The number of nitrogens with two attached hydrogens (primary N) is 1. The zero-order chi connectivity index (χ0) is 13.7. The molecule has 2 aromatic rings. The van der Waals surface area contributed by atoms with E-state index in [9.17, 15) is 4.79 Å². The van der Waals surface area contributed by atoms with Crippen molar-refractivity contribution in [1.29, 1.82) is 0 Å². The molecule has 0 aliphatic rings. The van der Waals surface area contributed by atoms with Crippen molar-refractivity contribution < 1.29 is 4.79 Å². The molecule has 2 rings (SSSR count). The molecule has 0 saturated carbocycles. The number of carbonyl (C=O) groups is 1.